The van der Waals surface area contributed by atoms with E-state index in [1.54, 1.807) is 34.9 Å². The molecule has 0 saturated carbocycles. The van der Waals surface area contributed by atoms with Gasteiger partial charge >= 0.3 is 0 Å². The van der Waals surface area contributed by atoms with E-state index >= 15 is 0 Å². The first-order valence-corrected chi connectivity index (χ1v) is 9.26. The number of rotatable bonds is 7. The number of nitrogens with zero attached hydrogens (tertiary/aromatic N) is 1. The zero-order valence-electron chi connectivity index (χ0n) is 16.0. The van der Waals surface area contributed by atoms with Crippen molar-refractivity contribution in [3.8, 4) is 5.75 Å². The lowest BCUT2D eigenvalue weighted by Crippen LogP contribution is -2.28. The van der Waals surface area contributed by atoms with Crippen LogP contribution < -0.4 is 15.6 Å². The second-order valence-corrected chi connectivity index (χ2v) is 6.69. The zero-order chi connectivity index (χ0) is 20.1. The minimum Gasteiger partial charge on any atom is -0.484 e. The highest BCUT2D eigenvalue weighted by atomic mass is 19.1. The van der Waals surface area contributed by atoms with Crippen LogP contribution in [0.15, 0.2) is 53.3 Å². The summed E-state index contributed by atoms with van der Waals surface area (Å²) in [6.45, 7) is 4.70. The van der Waals surface area contributed by atoms with Crippen molar-refractivity contribution in [1.82, 2.24) is 9.88 Å². The molecule has 28 heavy (non-hydrogen) atoms. The zero-order valence-corrected chi connectivity index (χ0v) is 16.0. The van der Waals surface area contributed by atoms with Crippen LogP contribution in [-0.2, 0) is 17.9 Å². The highest BCUT2D eigenvalue weighted by Gasteiger charge is 2.09. The third kappa shape index (κ3) is 4.57. The average molecular weight is 382 g/mol. The second kappa shape index (κ2) is 8.69. The van der Waals surface area contributed by atoms with Crippen LogP contribution in [0.5, 0.6) is 5.75 Å². The third-order valence-electron chi connectivity index (χ3n) is 4.51. The molecule has 0 spiro atoms. The van der Waals surface area contributed by atoms with Gasteiger partial charge in [-0.15, -0.1) is 0 Å². The van der Waals surface area contributed by atoms with Crippen LogP contribution in [0.3, 0.4) is 0 Å². The summed E-state index contributed by atoms with van der Waals surface area (Å²) in [5, 5.41) is 3.72. The van der Waals surface area contributed by atoms with E-state index in [4.69, 9.17) is 4.74 Å². The number of amides is 1. The lowest BCUT2D eigenvalue weighted by atomic mass is 10.1. The van der Waals surface area contributed by atoms with E-state index in [1.165, 1.54) is 12.1 Å². The van der Waals surface area contributed by atoms with Gasteiger partial charge in [-0.2, -0.15) is 0 Å². The summed E-state index contributed by atoms with van der Waals surface area (Å²) in [5.41, 5.74) is 2.48. The van der Waals surface area contributed by atoms with E-state index in [0.717, 1.165) is 28.5 Å². The maximum Gasteiger partial charge on any atom is 0.258 e. The monoisotopic (exact) mass is 382 g/mol. The summed E-state index contributed by atoms with van der Waals surface area (Å²) in [6.07, 6.45) is 0.842. The van der Waals surface area contributed by atoms with Crippen LogP contribution in [0.4, 0.5) is 4.39 Å². The molecule has 1 aromatic heterocycles. The number of halogens is 1. The molecule has 0 aliphatic carbocycles. The Balaban J connectivity index is 1.68. The van der Waals surface area contributed by atoms with Gasteiger partial charge in [0.2, 0.25) is 0 Å². The number of benzene rings is 2. The standard InChI is InChI=1S/C22H23FN2O3/c1-3-10-25-20-12-18(8-9-19(20)15(2)11-22(25)27)28-14-21(26)24-13-16-4-6-17(23)7-5-16/h4-9,11-12H,3,10,13-14H2,1-2H3,(H,24,26). The summed E-state index contributed by atoms with van der Waals surface area (Å²) >= 11 is 0. The number of hydrogen-bond acceptors (Lipinski definition) is 3. The van der Waals surface area contributed by atoms with Gasteiger partial charge in [0.25, 0.3) is 11.5 Å². The van der Waals surface area contributed by atoms with E-state index in [1.807, 2.05) is 19.9 Å². The summed E-state index contributed by atoms with van der Waals surface area (Å²) in [7, 11) is 0. The van der Waals surface area contributed by atoms with E-state index in [-0.39, 0.29) is 23.9 Å². The minimum atomic E-state index is -0.313. The molecular formula is C22H23FN2O3. The number of hydrogen-bond donors (Lipinski definition) is 1. The maximum absolute atomic E-state index is 12.9. The molecule has 0 radical (unpaired) electrons. The Hall–Kier alpha value is -3.15. The normalized spacial score (nSPS) is 10.8. The third-order valence-corrected chi connectivity index (χ3v) is 4.51. The van der Waals surface area contributed by atoms with Crippen LogP contribution in [-0.4, -0.2) is 17.1 Å². The van der Waals surface area contributed by atoms with Crippen molar-refractivity contribution in [2.24, 2.45) is 0 Å². The molecule has 0 aliphatic rings. The molecular weight excluding hydrogens is 359 g/mol. The fraction of sp³-hybridized carbons (Fsp3) is 0.273. The van der Waals surface area contributed by atoms with Crippen LogP contribution in [0.1, 0.15) is 24.5 Å². The fourth-order valence-corrected chi connectivity index (χ4v) is 3.07. The minimum absolute atomic E-state index is 0.0407. The number of aromatic nitrogens is 1. The van der Waals surface area contributed by atoms with E-state index < -0.39 is 0 Å². The molecule has 146 valence electrons. The summed E-state index contributed by atoms with van der Waals surface area (Å²) in [6, 6.07) is 13.1. The molecule has 0 fully saturated rings. The van der Waals surface area contributed by atoms with Crippen molar-refractivity contribution in [2.75, 3.05) is 6.61 Å². The number of fused-ring (bicyclic) bond motifs is 1. The van der Waals surface area contributed by atoms with Gasteiger partial charge in [-0.1, -0.05) is 19.1 Å². The Morgan fingerprint density at radius 3 is 2.61 bits per heavy atom. The number of carbonyl (C=O) groups excluding carboxylic acids is 1. The molecule has 1 heterocycles. The molecule has 1 amide bonds. The Morgan fingerprint density at radius 1 is 1.14 bits per heavy atom. The van der Waals surface area contributed by atoms with Gasteiger partial charge in [0, 0.05) is 30.6 Å². The van der Waals surface area contributed by atoms with Gasteiger partial charge in [0.15, 0.2) is 6.61 Å². The van der Waals surface area contributed by atoms with Crippen molar-refractivity contribution >= 4 is 16.8 Å². The van der Waals surface area contributed by atoms with E-state index in [0.29, 0.717) is 18.8 Å². The molecule has 1 N–H and O–H groups in total. The molecule has 3 aromatic rings. The molecule has 0 aliphatic heterocycles. The molecule has 6 heteroatoms. The van der Waals surface area contributed by atoms with Gasteiger partial charge in [0.1, 0.15) is 11.6 Å². The summed E-state index contributed by atoms with van der Waals surface area (Å²) in [5.74, 6) is -0.0644. The Labute approximate surface area is 162 Å². The molecule has 3 rings (SSSR count). The summed E-state index contributed by atoms with van der Waals surface area (Å²) < 4.78 is 20.2. The van der Waals surface area contributed by atoms with Gasteiger partial charge in [0.05, 0.1) is 5.52 Å². The van der Waals surface area contributed by atoms with Crippen LogP contribution in [0.25, 0.3) is 10.9 Å². The van der Waals surface area contributed by atoms with Crippen molar-refractivity contribution in [3.63, 3.8) is 0 Å². The van der Waals surface area contributed by atoms with Gasteiger partial charge in [-0.05, 0) is 48.7 Å². The maximum atomic E-state index is 12.9. The SMILES string of the molecule is CCCn1c(=O)cc(C)c2ccc(OCC(=O)NCc3ccc(F)cc3)cc21. The first-order chi connectivity index (χ1) is 13.5. The molecule has 0 bridgehead atoms. The smallest absolute Gasteiger partial charge is 0.258 e. The quantitative estimate of drug-likeness (QED) is 0.680. The van der Waals surface area contributed by atoms with Crippen molar-refractivity contribution < 1.29 is 13.9 Å². The lowest BCUT2D eigenvalue weighted by Gasteiger charge is -2.13. The first-order valence-electron chi connectivity index (χ1n) is 9.26. The van der Waals surface area contributed by atoms with Crippen molar-refractivity contribution in [1.29, 1.82) is 0 Å². The van der Waals surface area contributed by atoms with E-state index in [9.17, 15) is 14.0 Å². The number of pyridine rings is 1. The van der Waals surface area contributed by atoms with Crippen molar-refractivity contribution in [3.05, 3.63) is 75.8 Å². The predicted molar refractivity (Wildman–Crippen MR) is 107 cm³/mol. The highest BCUT2D eigenvalue weighted by Crippen LogP contribution is 2.22. The highest BCUT2D eigenvalue weighted by molar-refractivity contribution is 5.84. The number of aryl methyl sites for hydroxylation is 2. The molecule has 0 saturated heterocycles. The first kappa shape index (κ1) is 19.6. The Kier molecular flexibility index (Phi) is 6.09. The topological polar surface area (TPSA) is 60.3 Å². The van der Waals surface area contributed by atoms with E-state index in [2.05, 4.69) is 5.32 Å². The molecule has 0 unspecified atom stereocenters. The fourth-order valence-electron chi connectivity index (χ4n) is 3.07. The van der Waals surface area contributed by atoms with Gasteiger partial charge < -0.3 is 14.6 Å². The Morgan fingerprint density at radius 2 is 1.89 bits per heavy atom. The van der Waals surface area contributed by atoms with Crippen molar-refractivity contribution in [2.45, 2.75) is 33.4 Å². The van der Waals surface area contributed by atoms with Gasteiger partial charge in [-0.25, -0.2) is 4.39 Å². The summed E-state index contributed by atoms with van der Waals surface area (Å²) in [4.78, 5) is 24.3. The number of ether oxygens (including phenoxy) is 1. The van der Waals surface area contributed by atoms with Crippen LogP contribution >= 0.6 is 0 Å². The predicted octanol–water partition coefficient (Wildman–Crippen LogP) is 3.55. The molecule has 0 atom stereocenters. The lowest BCUT2D eigenvalue weighted by molar-refractivity contribution is -0.123. The van der Waals surface area contributed by atoms with Crippen LogP contribution in [0, 0.1) is 12.7 Å². The van der Waals surface area contributed by atoms with Crippen LogP contribution in [0.2, 0.25) is 0 Å². The molecule has 2 aromatic carbocycles. The van der Waals surface area contributed by atoms with Gasteiger partial charge in [-0.3, -0.25) is 9.59 Å². The molecule has 5 nitrogen and oxygen atoms in total. The number of carbonyl (C=O) groups is 1. The Bertz CT molecular complexity index is 1040. The largest absolute Gasteiger partial charge is 0.484 e. The number of nitrogens with one attached hydrogen (secondary N) is 1. The second-order valence-electron chi connectivity index (χ2n) is 6.69. The average Bonchev–Trinajstić information content (AvgIpc) is 2.69.